The van der Waals surface area contributed by atoms with Crippen molar-refractivity contribution < 1.29 is 19.1 Å². The second-order valence-corrected chi connectivity index (χ2v) is 8.24. The van der Waals surface area contributed by atoms with E-state index < -0.39 is 23.1 Å². The van der Waals surface area contributed by atoms with Gasteiger partial charge in [0.1, 0.15) is 5.76 Å². The fourth-order valence-electron chi connectivity index (χ4n) is 3.32. The number of anilines is 1. The average molecular weight is 382 g/mol. The molecule has 1 N–H and O–H groups in total. The number of benzene rings is 1. The number of Topliss-reactive ketones (excluding diaryl/α,β-unsaturated/α-hetero) is 1. The summed E-state index contributed by atoms with van der Waals surface area (Å²) in [6.45, 7) is 5.50. The van der Waals surface area contributed by atoms with E-state index in [0.717, 1.165) is 11.3 Å². The first-order valence-electron chi connectivity index (χ1n) is 9.20. The van der Waals surface area contributed by atoms with Gasteiger partial charge < -0.3 is 19.3 Å². The number of furan rings is 1. The maximum Gasteiger partial charge on any atom is 0.290 e. The lowest BCUT2D eigenvalue weighted by molar-refractivity contribution is -0.130. The Bertz CT molecular complexity index is 903. The van der Waals surface area contributed by atoms with Gasteiger partial charge in [-0.2, -0.15) is 0 Å². The summed E-state index contributed by atoms with van der Waals surface area (Å²) in [5, 5.41) is 10.6. The molecule has 1 unspecified atom stereocenters. The van der Waals surface area contributed by atoms with Crippen LogP contribution >= 0.6 is 0 Å². The number of carbonyl (C=O) groups excluding carboxylic acids is 2. The summed E-state index contributed by atoms with van der Waals surface area (Å²) in [5.74, 6) is -0.707. The highest BCUT2D eigenvalue weighted by atomic mass is 16.3. The number of ketones is 1. The number of nitrogens with zero attached hydrogens (tertiary/aromatic N) is 2. The van der Waals surface area contributed by atoms with Crippen LogP contribution in [0.3, 0.4) is 0 Å². The molecule has 1 amide bonds. The van der Waals surface area contributed by atoms with E-state index in [1.807, 2.05) is 43.3 Å². The largest absolute Gasteiger partial charge is 0.503 e. The van der Waals surface area contributed by atoms with Gasteiger partial charge in [-0.1, -0.05) is 32.9 Å². The smallest absolute Gasteiger partial charge is 0.290 e. The van der Waals surface area contributed by atoms with Crippen LogP contribution in [0.1, 0.15) is 38.1 Å². The highest BCUT2D eigenvalue weighted by Crippen LogP contribution is 2.42. The number of hydrogen-bond acceptors (Lipinski definition) is 5. The lowest BCUT2D eigenvalue weighted by Crippen LogP contribution is -2.32. The van der Waals surface area contributed by atoms with Crippen molar-refractivity contribution in [1.82, 2.24) is 4.90 Å². The molecule has 1 aliphatic rings. The molecule has 2 aromatic rings. The van der Waals surface area contributed by atoms with Gasteiger partial charge >= 0.3 is 0 Å². The molecule has 1 atom stereocenters. The van der Waals surface area contributed by atoms with Crippen LogP contribution < -0.4 is 4.90 Å². The number of carbonyl (C=O) groups is 2. The number of hydrogen-bond donors (Lipinski definition) is 1. The minimum Gasteiger partial charge on any atom is -0.503 e. The average Bonchev–Trinajstić information content (AvgIpc) is 3.23. The van der Waals surface area contributed by atoms with E-state index in [4.69, 9.17) is 4.42 Å². The number of aliphatic hydroxyl groups excluding tert-OH is 1. The number of amides is 1. The summed E-state index contributed by atoms with van der Waals surface area (Å²) >= 11 is 0. The summed E-state index contributed by atoms with van der Waals surface area (Å²) in [7, 11) is 3.88. The molecule has 1 aromatic heterocycles. The summed E-state index contributed by atoms with van der Waals surface area (Å²) in [6.07, 6.45) is 1.53. The van der Waals surface area contributed by atoms with E-state index in [9.17, 15) is 14.7 Å². The van der Waals surface area contributed by atoms with Crippen LogP contribution in [0, 0.1) is 5.41 Å². The highest BCUT2D eigenvalue weighted by molar-refractivity contribution is 6.10. The summed E-state index contributed by atoms with van der Waals surface area (Å²) in [6, 6.07) is 10.5. The second kappa shape index (κ2) is 7.19. The van der Waals surface area contributed by atoms with Crippen LogP contribution in [0.25, 0.3) is 0 Å². The molecule has 0 radical (unpaired) electrons. The van der Waals surface area contributed by atoms with E-state index in [1.54, 1.807) is 32.9 Å². The van der Waals surface area contributed by atoms with Crippen molar-refractivity contribution in [3.05, 3.63) is 65.3 Å². The fraction of sp³-hybridized carbons (Fsp3) is 0.364. The van der Waals surface area contributed by atoms with Crippen LogP contribution in [0.15, 0.2) is 58.4 Å². The van der Waals surface area contributed by atoms with Gasteiger partial charge in [-0.25, -0.2) is 0 Å². The van der Waals surface area contributed by atoms with Gasteiger partial charge in [-0.15, -0.1) is 0 Å². The van der Waals surface area contributed by atoms with Gasteiger partial charge in [0, 0.05) is 25.2 Å². The third-order valence-electron chi connectivity index (χ3n) is 4.86. The van der Waals surface area contributed by atoms with Crippen molar-refractivity contribution in [2.75, 3.05) is 19.0 Å². The van der Waals surface area contributed by atoms with E-state index in [2.05, 4.69) is 0 Å². The molecule has 0 saturated carbocycles. The molecular weight excluding hydrogens is 356 g/mol. The minimum absolute atomic E-state index is 0.140. The van der Waals surface area contributed by atoms with Crippen LogP contribution in [0.5, 0.6) is 0 Å². The Labute approximate surface area is 165 Å². The molecule has 2 heterocycles. The molecule has 0 fully saturated rings. The van der Waals surface area contributed by atoms with Crippen molar-refractivity contribution >= 4 is 17.4 Å². The summed E-state index contributed by atoms with van der Waals surface area (Å²) in [4.78, 5) is 29.4. The first-order chi connectivity index (χ1) is 13.1. The standard InChI is InChI=1S/C22H26N2O4/c1-22(2,3)20(26)17-18(14-8-10-15(11-9-14)23(4)5)24(21(27)19(17)25)13-16-7-6-12-28-16/h6-12,18,25H,13H2,1-5H3. The van der Waals surface area contributed by atoms with Crippen molar-refractivity contribution in [1.29, 1.82) is 0 Å². The maximum atomic E-state index is 13.1. The van der Waals surface area contributed by atoms with Crippen molar-refractivity contribution in [2.24, 2.45) is 5.41 Å². The Morgan fingerprint density at radius 1 is 1.18 bits per heavy atom. The van der Waals surface area contributed by atoms with Gasteiger partial charge in [-0.3, -0.25) is 9.59 Å². The number of aliphatic hydroxyl groups is 1. The molecule has 0 spiro atoms. The zero-order valence-corrected chi connectivity index (χ0v) is 16.9. The SMILES string of the molecule is CN(C)c1ccc(C2C(C(=O)C(C)(C)C)=C(O)C(=O)N2Cc2ccco2)cc1. The zero-order valence-electron chi connectivity index (χ0n) is 16.9. The first kappa shape index (κ1) is 19.7. The minimum atomic E-state index is -0.730. The predicted molar refractivity (Wildman–Crippen MR) is 107 cm³/mol. The lowest BCUT2D eigenvalue weighted by atomic mass is 9.82. The molecule has 1 aromatic carbocycles. The Balaban J connectivity index is 2.08. The molecule has 1 aliphatic heterocycles. The molecule has 6 heteroatoms. The summed E-state index contributed by atoms with van der Waals surface area (Å²) in [5.41, 5.74) is 1.18. The lowest BCUT2D eigenvalue weighted by Gasteiger charge is -2.28. The Morgan fingerprint density at radius 3 is 2.32 bits per heavy atom. The van der Waals surface area contributed by atoms with E-state index in [0.29, 0.717) is 5.76 Å². The molecule has 28 heavy (non-hydrogen) atoms. The summed E-state index contributed by atoms with van der Waals surface area (Å²) < 4.78 is 5.39. The molecule has 3 rings (SSSR count). The van der Waals surface area contributed by atoms with Gasteiger partial charge in [0.2, 0.25) is 0 Å². The van der Waals surface area contributed by atoms with Crippen molar-refractivity contribution in [3.63, 3.8) is 0 Å². The van der Waals surface area contributed by atoms with E-state index >= 15 is 0 Å². The highest BCUT2D eigenvalue weighted by Gasteiger charge is 2.46. The zero-order chi connectivity index (χ0) is 20.6. The van der Waals surface area contributed by atoms with Crippen LogP contribution in [0.2, 0.25) is 0 Å². The Kier molecular flexibility index (Phi) is 5.06. The topological polar surface area (TPSA) is 74.0 Å². The monoisotopic (exact) mass is 382 g/mol. The normalized spacial score (nSPS) is 17.4. The van der Waals surface area contributed by atoms with Crippen LogP contribution in [-0.2, 0) is 16.1 Å². The molecule has 0 aliphatic carbocycles. The van der Waals surface area contributed by atoms with Crippen molar-refractivity contribution in [3.8, 4) is 0 Å². The van der Waals surface area contributed by atoms with Crippen LogP contribution in [0.4, 0.5) is 5.69 Å². The molecule has 0 saturated heterocycles. The predicted octanol–water partition coefficient (Wildman–Crippen LogP) is 3.86. The third-order valence-corrected chi connectivity index (χ3v) is 4.86. The Hall–Kier alpha value is -3.02. The van der Waals surface area contributed by atoms with Crippen molar-refractivity contribution in [2.45, 2.75) is 33.4 Å². The van der Waals surface area contributed by atoms with Gasteiger partial charge in [0.15, 0.2) is 11.5 Å². The van der Waals surface area contributed by atoms with Crippen LogP contribution in [-0.4, -0.2) is 35.8 Å². The van der Waals surface area contributed by atoms with Gasteiger partial charge in [-0.05, 0) is 29.8 Å². The van der Waals surface area contributed by atoms with E-state index in [1.165, 1.54) is 11.2 Å². The fourth-order valence-corrected chi connectivity index (χ4v) is 3.32. The molecular formula is C22H26N2O4. The molecule has 0 bridgehead atoms. The molecule has 148 valence electrons. The quantitative estimate of drug-likeness (QED) is 0.850. The Morgan fingerprint density at radius 2 is 1.82 bits per heavy atom. The third kappa shape index (κ3) is 3.54. The molecule has 6 nitrogen and oxygen atoms in total. The first-order valence-corrected chi connectivity index (χ1v) is 9.20. The van der Waals surface area contributed by atoms with Gasteiger partial charge in [0.25, 0.3) is 5.91 Å². The second-order valence-electron chi connectivity index (χ2n) is 8.24. The van der Waals surface area contributed by atoms with Gasteiger partial charge in [0.05, 0.1) is 24.4 Å². The maximum absolute atomic E-state index is 13.1. The van der Waals surface area contributed by atoms with E-state index in [-0.39, 0.29) is 17.9 Å². The number of rotatable bonds is 5.